The first-order valence-corrected chi connectivity index (χ1v) is 19.0. The van der Waals surface area contributed by atoms with E-state index in [4.69, 9.17) is 0 Å². The third-order valence-electron chi connectivity index (χ3n) is 10.2. The molecule has 0 spiro atoms. The molecule has 0 aliphatic heterocycles. The summed E-state index contributed by atoms with van der Waals surface area (Å²) in [5, 5.41) is 3.76. The number of rotatable bonds is 13. The molecule has 0 amide bonds. The number of hydrogen-bond donors (Lipinski definition) is 1. The van der Waals surface area contributed by atoms with Crippen LogP contribution in [-0.2, 0) is 11.8 Å². The zero-order chi connectivity index (χ0) is 37.6. The molecular formula is C53H51N. The maximum atomic E-state index is 4.23. The van der Waals surface area contributed by atoms with Crippen molar-refractivity contribution >= 4 is 24.3 Å². The van der Waals surface area contributed by atoms with Gasteiger partial charge in [0.2, 0.25) is 0 Å². The average Bonchev–Trinajstić information content (AvgIpc) is 3.28. The highest BCUT2D eigenvalue weighted by Crippen LogP contribution is 2.37. The summed E-state index contributed by atoms with van der Waals surface area (Å²) in [6.45, 7) is 14.5. The van der Waals surface area contributed by atoms with E-state index in [1.807, 2.05) is 18.2 Å². The fraction of sp³-hybridized carbons (Fsp3) is 0.132. The van der Waals surface area contributed by atoms with Gasteiger partial charge in [0, 0.05) is 11.4 Å². The largest absolute Gasteiger partial charge is 0.356 e. The molecule has 1 N–H and O–H groups in total. The van der Waals surface area contributed by atoms with Gasteiger partial charge in [-0.05, 0) is 124 Å². The minimum atomic E-state index is -0.110. The molecule has 2 aliphatic rings. The van der Waals surface area contributed by atoms with Gasteiger partial charge < -0.3 is 5.32 Å². The predicted octanol–water partition coefficient (Wildman–Crippen LogP) is 14.0. The molecule has 1 unspecified atom stereocenters. The first-order chi connectivity index (χ1) is 26.5. The lowest BCUT2D eigenvalue weighted by Crippen LogP contribution is -2.23. The summed E-state index contributed by atoms with van der Waals surface area (Å²) in [5.41, 5.74) is 14.2. The van der Waals surface area contributed by atoms with Crippen LogP contribution in [0.3, 0.4) is 0 Å². The van der Waals surface area contributed by atoms with Crippen molar-refractivity contribution in [2.75, 3.05) is 0 Å². The Hall–Kier alpha value is -6.18. The maximum absolute atomic E-state index is 4.23. The predicted molar refractivity (Wildman–Crippen MR) is 236 cm³/mol. The molecule has 0 saturated heterocycles. The Labute approximate surface area is 323 Å². The van der Waals surface area contributed by atoms with Gasteiger partial charge in [-0.25, -0.2) is 0 Å². The molecule has 0 fully saturated rings. The third-order valence-corrected chi connectivity index (χ3v) is 10.2. The van der Waals surface area contributed by atoms with E-state index in [0.29, 0.717) is 0 Å². The Morgan fingerprint density at radius 3 is 2.35 bits per heavy atom. The van der Waals surface area contributed by atoms with Gasteiger partial charge in [-0.3, -0.25) is 0 Å². The number of hydrogen-bond acceptors (Lipinski definition) is 1. The average molecular weight is 702 g/mol. The first-order valence-electron chi connectivity index (χ1n) is 19.0. The van der Waals surface area contributed by atoms with Crippen LogP contribution in [0.2, 0.25) is 0 Å². The Balaban J connectivity index is 1.27. The summed E-state index contributed by atoms with van der Waals surface area (Å²) in [5.74, 6) is 0. The van der Waals surface area contributed by atoms with Gasteiger partial charge in [0.25, 0.3) is 0 Å². The van der Waals surface area contributed by atoms with Crippen molar-refractivity contribution in [1.82, 2.24) is 5.32 Å². The van der Waals surface area contributed by atoms with Crippen molar-refractivity contribution < 1.29 is 0 Å². The van der Waals surface area contributed by atoms with E-state index < -0.39 is 0 Å². The fourth-order valence-electron chi connectivity index (χ4n) is 7.18. The maximum Gasteiger partial charge on any atom is 0.0384 e. The highest BCUT2D eigenvalue weighted by Gasteiger charge is 2.27. The van der Waals surface area contributed by atoms with E-state index in [1.54, 1.807) is 6.08 Å². The fourth-order valence-corrected chi connectivity index (χ4v) is 7.18. The van der Waals surface area contributed by atoms with Crippen molar-refractivity contribution in [2.45, 2.75) is 44.4 Å². The van der Waals surface area contributed by atoms with Gasteiger partial charge in [-0.2, -0.15) is 0 Å². The van der Waals surface area contributed by atoms with Gasteiger partial charge >= 0.3 is 0 Å². The molecule has 0 heterocycles. The van der Waals surface area contributed by atoms with Gasteiger partial charge in [0.15, 0.2) is 0 Å². The summed E-state index contributed by atoms with van der Waals surface area (Å²) in [7, 11) is 0. The van der Waals surface area contributed by atoms with E-state index in [2.05, 4.69) is 196 Å². The Bertz CT molecular complexity index is 2210. The van der Waals surface area contributed by atoms with Gasteiger partial charge in [-0.1, -0.05) is 184 Å². The van der Waals surface area contributed by atoms with Crippen LogP contribution in [0.4, 0.5) is 0 Å². The van der Waals surface area contributed by atoms with Crippen LogP contribution in [0.5, 0.6) is 0 Å². The Kier molecular flexibility index (Phi) is 12.9. The SMILES string of the molecule is C=C/C=C\c1ccc(/C=C/CC2(C)C/C=C(N/C(C=C)=C/C(=C/c3ccc(-c4ccccc4)cc3)C3=CC=CCC3)\C=C/Cc3ccccc32)c(C=C)c1. The monoisotopic (exact) mass is 701 g/mol. The van der Waals surface area contributed by atoms with E-state index in [0.717, 1.165) is 54.6 Å². The molecule has 268 valence electrons. The standard InChI is InChI=1S/C53H51N/c1-5-8-19-41-29-32-46(43(6-2)38-41)26-18-36-53(4)37-35-51(27-17-25-48-24-15-16-28-52(48)53)54-50(7-3)40-49(45-22-13-10-14-23-45)39-42-30-33-47(34-31-42)44-20-11-9-12-21-44/h5-13,15-22,24,26-35,38-40,54H,1-3,14,23,25,36-37H2,4H3/b19-8-,26-18+,27-17-,49-39-,50-40+,51-35+. The minimum absolute atomic E-state index is 0.110. The highest BCUT2D eigenvalue weighted by molar-refractivity contribution is 5.70. The summed E-state index contributed by atoms with van der Waals surface area (Å²) in [6, 6.07) is 34.8. The van der Waals surface area contributed by atoms with E-state index in [9.17, 15) is 0 Å². The number of nitrogens with one attached hydrogen (secondary N) is 1. The number of benzene rings is 4. The normalized spacial score (nSPS) is 19.1. The van der Waals surface area contributed by atoms with Crippen molar-refractivity contribution in [3.8, 4) is 11.1 Å². The molecule has 4 aromatic carbocycles. The Morgan fingerprint density at radius 1 is 0.815 bits per heavy atom. The minimum Gasteiger partial charge on any atom is -0.356 e. The quantitative estimate of drug-likeness (QED) is 0.137. The summed E-state index contributed by atoms with van der Waals surface area (Å²) < 4.78 is 0. The van der Waals surface area contributed by atoms with Crippen LogP contribution in [0.25, 0.3) is 35.4 Å². The van der Waals surface area contributed by atoms with E-state index >= 15 is 0 Å². The molecule has 1 atom stereocenters. The van der Waals surface area contributed by atoms with Crippen molar-refractivity contribution in [3.05, 3.63) is 240 Å². The molecule has 0 aromatic heterocycles. The lowest BCUT2D eigenvalue weighted by atomic mass is 9.74. The molecule has 54 heavy (non-hydrogen) atoms. The molecule has 1 nitrogen and oxygen atoms in total. The molecule has 2 aliphatic carbocycles. The molecule has 0 saturated carbocycles. The molecule has 1 heteroatoms. The molecule has 0 bridgehead atoms. The summed E-state index contributed by atoms with van der Waals surface area (Å²) >= 11 is 0. The van der Waals surface area contributed by atoms with E-state index in [1.165, 1.54) is 44.5 Å². The van der Waals surface area contributed by atoms with Crippen molar-refractivity contribution in [3.63, 3.8) is 0 Å². The third kappa shape index (κ3) is 9.82. The van der Waals surface area contributed by atoms with Gasteiger partial charge in [-0.15, -0.1) is 0 Å². The second-order valence-corrected chi connectivity index (χ2v) is 14.2. The van der Waals surface area contributed by atoms with Gasteiger partial charge in [0.1, 0.15) is 0 Å². The summed E-state index contributed by atoms with van der Waals surface area (Å²) in [4.78, 5) is 0. The van der Waals surface area contributed by atoms with Crippen LogP contribution in [0.1, 0.15) is 66.0 Å². The van der Waals surface area contributed by atoms with Crippen LogP contribution < -0.4 is 5.32 Å². The molecule has 0 radical (unpaired) electrons. The topological polar surface area (TPSA) is 12.0 Å². The van der Waals surface area contributed by atoms with Crippen molar-refractivity contribution in [2.24, 2.45) is 0 Å². The van der Waals surface area contributed by atoms with Crippen LogP contribution in [-0.4, -0.2) is 0 Å². The highest BCUT2D eigenvalue weighted by atomic mass is 14.9. The van der Waals surface area contributed by atoms with Crippen molar-refractivity contribution in [1.29, 1.82) is 0 Å². The van der Waals surface area contributed by atoms with Crippen LogP contribution >= 0.6 is 0 Å². The zero-order valence-corrected chi connectivity index (χ0v) is 31.6. The molecule has 6 rings (SSSR count). The molecule has 4 aromatic rings. The molecular weight excluding hydrogens is 651 g/mol. The lowest BCUT2D eigenvalue weighted by Gasteiger charge is -2.30. The van der Waals surface area contributed by atoms with E-state index in [-0.39, 0.29) is 5.41 Å². The van der Waals surface area contributed by atoms with Crippen LogP contribution in [0.15, 0.2) is 206 Å². The Morgan fingerprint density at radius 2 is 1.59 bits per heavy atom. The van der Waals surface area contributed by atoms with Gasteiger partial charge in [0.05, 0.1) is 0 Å². The number of allylic oxidation sites excluding steroid dienone is 13. The second kappa shape index (κ2) is 18.5. The summed E-state index contributed by atoms with van der Waals surface area (Å²) in [6.07, 6.45) is 37.0. The van der Waals surface area contributed by atoms with Crippen LogP contribution in [0, 0.1) is 0 Å². The smallest absolute Gasteiger partial charge is 0.0384 e. The first kappa shape index (κ1) is 37.6. The zero-order valence-electron chi connectivity index (χ0n) is 31.6. The second-order valence-electron chi connectivity index (χ2n) is 14.2. The number of fused-ring (bicyclic) bond motifs is 1. The lowest BCUT2D eigenvalue weighted by molar-refractivity contribution is 0.481.